The normalized spacial score (nSPS) is 29.5. The molecule has 1 unspecified atom stereocenters. The van der Waals surface area contributed by atoms with Gasteiger partial charge in [0.15, 0.2) is 9.84 Å². The third kappa shape index (κ3) is 5.88. The molecule has 1 heterocycles. The third-order valence-corrected chi connectivity index (χ3v) is 10.6. The van der Waals surface area contributed by atoms with Crippen molar-refractivity contribution in [3.63, 3.8) is 0 Å². The van der Waals surface area contributed by atoms with E-state index in [1.54, 1.807) is 13.8 Å². The summed E-state index contributed by atoms with van der Waals surface area (Å²) in [5.74, 6) is 1.48. The maximum atomic E-state index is 12.2. The minimum Gasteiger partial charge on any atom is -0.372 e. The van der Waals surface area contributed by atoms with Gasteiger partial charge in [0.25, 0.3) is 0 Å². The van der Waals surface area contributed by atoms with Gasteiger partial charge in [-0.25, -0.2) is 8.42 Å². The van der Waals surface area contributed by atoms with Gasteiger partial charge in [-0.2, -0.15) is 0 Å². The van der Waals surface area contributed by atoms with Crippen molar-refractivity contribution < 1.29 is 13.2 Å². The number of aryl methyl sites for hydroxylation is 1. The van der Waals surface area contributed by atoms with Gasteiger partial charge in [-0.3, -0.25) is 0 Å². The van der Waals surface area contributed by atoms with E-state index in [0.717, 1.165) is 31.7 Å². The Morgan fingerprint density at radius 2 is 1.62 bits per heavy atom. The van der Waals surface area contributed by atoms with Crippen molar-refractivity contribution in [1.29, 1.82) is 0 Å². The van der Waals surface area contributed by atoms with Crippen LogP contribution in [0.1, 0.15) is 83.4 Å². The number of ether oxygens (including phenoxy) is 1. The Hall–Kier alpha value is -1.07. The molecule has 0 amide bonds. The highest BCUT2D eigenvalue weighted by Crippen LogP contribution is 2.35. The van der Waals surface area contributed by atoms with Crippen LogP contribution in [-0.2, 0) is 21.0 Å². The Labute approximate surface area is 197 Å². The van der Waals surface area contributed by atoms with Crippen LogP contribution in [-0.4, -0.2) is 44.2 Å². The minimum atomic E-state index is -2.92. The second-order valence-electron chi connectivity index (χ2n) is 10.8. The van der Waals surface area contributed by atoms with E-state index in [4.69, 9.17) is 4.74 Å². The molecule has 1 aromatic rings. The molecule has 32 heavy (non-hydrogen) atoms. The van der Waals surface area contributed by atoms with Gasteiger partial charge in [0, 0.05) is 12.2 Å². The van der Waals surface area contributed by atoms with Crippen molar-refractivity contribution in [2.24, 2.45) is 11.8 Å². The molecule has 1 aliphatic carbocycles. The van der Waals surface area contributed by atoms with Crippen LogP contribution in [0.25, 0.3) is 0 Å². The third-order valence-electron chi connectivity index (χ3n) is 8.23. The molecule has 5 heteroatoms. The van der Waals surface area contributed by atoms with E-state index in [-0.39, 0.29) is 17.5 Å². The van der Waals surface area contributed by atoms with Gasteiger partial charge in [-0.1, -0.05) is 18.9 Å². The molecule has 1 saturated carbocycles. The van der Waals surface area contributed by atoms with Crippen LogP contribution < -0.4 is 4.90 Å². The first-order valence-corrected chi connectivity index (χ1v) is 14.4. The van der Waals surface area contributed by atoms with Crippen LogP contribution >= 0.6 is 0 Å². The zero-order valence-corrected chi connectivity index (χ0v) is 22.2. The molecule has 1 aromatic carbocycles. The molecule has 2 fully saturated rings. The van der Waals surface area contributed by atoms with Crippen molar-refractivity contribution in [2.75, 3.05) is 17.2 Å². The fourth-order valence-electron chi connectivity index (χ4n) is 5.55. The summed E-state index contributed by atoms with van der Waals surface area (Å²) in [4.78, 5) is 2.53. The molecular weight excluding hydrogens is 418 g/mol. The summed E-state index contributed by atoms with van der Waals surface area (Å²) in [6, 6.07) is 5.05. The number of sulfone groups is 1. The second kappa shape index (κ2) is 10.5. The minimum absolute atomic E-state index is 0.240. The zero-order chi connectivity index (χ0) is 23.6. The molecule has 0 N–H and O–H groups in total. The van der Waals surface area contributed by atoms with Gasteiger partial charge in [0.2, 0.25) is 0 Å². The first-order valence-electron chi connectivity index (χ1n) is 12.7. The van der Waals surface area contributed by atoms with Crippen LogP contribution in [0.3, 0.4) is 0 Å². The molecule has 2 aliphatic rings. The fraction of sp³-hybridized carbons (Fsp3) is 0.778. The molecule has 3 atom stereocenters. The summed E-state index contributed by atoms with van der Waals surface area (Å²) in [5.41, 5.74) is 5.65. The summed E-state index contributed by atoms with van der Waals surface area (Å²) in [7, 11) is -2.92. The van der Waals surface area contributed by atoms with Crippen LogP contribution in [0.5, 0.6) is 0 Å². The Bertz CT molecular complexity index is 871. The van der Waals surface area contributed by atoms with Crippen LogP contribution in [0.4, 0.5) is 5.69 Å². The summed E-state index contributed by atoms with van der Waals surface area (Å²) in [5, 5.41) is -0.249. The molecule has 1 saturated heterocycles. The Balaban J connectivity index is 1.57. The van der Waals surface area contributed by atoms with Gasteiger partial charge in [-0.15, -0.1) is 0 Å². The number of anilines is 1. The fourth-order valence-corrected chi connectivity index (χ4v) is 6.92. The van der Waals surface area contributed by atoms with E-state index in [2.05, 4.69) is 51.7 Å². The number of nitrogens with zero attached hydrogens (tertiary/aromatic N) is 1. The van der Waals surface area contributed by atoms with Crippen LogP contribution in [0, 0.1) is 25.7 Å². The molecule has 0 bridgehead atoms. The Kier molecular flexibility index (Phi) is 8.35. The number of morpholine rings is 1. The van der Waals surface area contributed by atoms with Crippen molar-refractivity contribution >= 4 is 15.5 Å². The average Bonchev–Trinajstić information content (AvgIpc) is 2.73. The smallest absolute Gasteiger partial charge is 0.152 e. The highest BCUT2D eigenvalue weighted by Gasteiger charge is 2.31. The molecule has 0 radical (unpaired) electrons. The largest absolute Gasteiger partial charge is 0.372 e. The van der Waals surface area contributed by atoms with E-state index < -0.39 is 9.84 Å². The first-order chi connectivity index (χ1) is 15.0. The quantitative estimate of drug-likeness (QED) is 0.507. The lowest BCUT2D eigenvalue weighted by molar-refractivity contribution is -0.0258. The molecule has 0 spiro atoms. The standard InChI is InChI=1S/C27H45NO3S/c1-18(2)32(29,30)17-25-10-8-24(9-11-25)12-13-26-14-15-27(21(5)20(26)4)28-16-19(3)31-23(7)22(28)6/h14-15,18-19,22-25H,8-13,16-17H2,1-7H3/t19-,22?,23+,24?,25?/m0/s1. The van der Waals surface area contributed by atoms with Crippen LogP contribution in [0.2, 0.25) is 0 Å². The molecule has 0 aromatic heterocycles. The average molecular weight is 464 g/mol. The topological polar surface area (TPSA) is 46.6 Å². The number of benzene rings is 1. The molecule has 182 valence electrons. The van der Waals surface area contributed by atoms with Gasteiger partial charge in [-0.05, 0) is 109 Å². The SMILES string of the molecule is Cc1c(CCC2CCC(CS(=O)(=O)C(C)C)CC2)ccc(N2C[C@H](C)O[C@H](C)C2C)c1C. The summed E-state index contributed by atoms with van der Waals surface area (Å²) in [6.07, 6.45) is 7.32. The molecule has 4 nitrogen and oxygen atoms in total. The van der Waals surface area contributed by atoms with Crippen molar-refractivity contribution in [3.05, 3.63) is 28.8 Å². The van der Waals surface area contributed by atoms with Crippen molar-refractivity contribution in [1.82, 2.24) is 0 Å². The predicted molar refractivity (Wildman–Crippen MR) is 135 cm³/mol. The lowest BCUT2D eigenvalue weighted by Gasteiger charge is -2.43. The number of rotatable bonds is 7. The highest BCUT2D eigenvalue weighted by molar-refractivity contribution is 7.91. The number of hydrogen-bond donors (Lipinski definition) is 0. The lowest BCUT2D eigenvalue weighted by Crippen LogP contribution is -2.52. The summed E-state index contributed by atoms with van der Waals surface area (Å²) >= 11 is 0. The highest BCUT2D eigenvalue weighted by atomic mass is 32.2. The predicted octanol–water partition coefficient (Wildman–Crippen LogP) is 5.87. The first kappa shape index (κ1) is 25.6. The maximum absolute atomic E-state index is 12.2. The van der Waals surface area contributed by atoms with E-state index in [9.17, 15) is 8.42 Å². The Morgan fingerprint density at radius 1 is 1.00 bits per heavy atom. The summed E-state index contributed by atoms with van der Waals surface area (Å²) in [6.45, 7) is 15.7. The maximum Gasteiger partial charge on any atom is 0.152 e. The van der Waals surface area contributed by atoms with Gasteiger partial charge in [0.05, 0.1) is 29.3 Å². The van der Waals surface area contributed by atoms with E-state index in [1.165, 1.54) is 41.6 Å². The van der Waals surface area contributed by atoms with Gasteiger partial charge in [0.1, 0.15) is 0 Å². The Morgan fingerprint density at radius 3 is 2.25 bits per heavy atom. The van der Waals surface area contributed by atoms with Crippen molar-refractivity contribution in [2.45, 2.75) is 110 Å². The van der Waals surface area contributed by atoms with Crippen molar-refractivity contribution in [3.8, 4) is 0 Å². The van der Waals surface area contributed by atoms with E-state index in [1.807, 2.05) is 0 Å². The second-order valence-corrected chi connectivity index (χ2v) is 13.4. The molecule has 1 aliphatic heterocycles. The van der Waals surface area contributed by atoms with E-state index >= 15 is 0 Å². The summed E-state index contributed by atoms with van der Waals surface area (Å²) < 4.78 is 30.5. The number of hydrogen-bond acceptors (Lipinski definition) is 4. The molecule has 3 rings (SSSR count). The monoisotopic (exact) mass is 463 g/mol. The lowest BCUT2D eigenvalue weighted by atomic mass is 9.80. The van der Waals surface area contributed by atoms with E-state index in [0.29, 0.717) is 17.7 Å². The van der Waals surface area contributed by atoms with Gasteiger partial charge < -0.3 is 9.64 Å². The van der Waals surface area contributed by atoms with Crippen LogP contribution in [0.15, 0.2) is 12.1 Å². The molecular formula is C27H45NO3S. The zero-order valence-electron chi connectivity index (χ0n) is 21.4. The van der Waals surface area contributed by atoms with Gasteiger partial charge >= 0.3 is 0 Å².